The van der Waals surface area contributed by atoms with Crippen molar-refractivity contribution in [2.45, 2.75) is 32.0 Å². The number of fused-ring (bicyclic) bond motifs is 4. The maximum absolute atomic E-state index is 13.9. The molecule has 166 valence electrons. The van der Waals surface area contributed by atoms with Crippen LogP contribution in [0.1, 0.15) is 40.9 Å². The smallest absolute Gasteiger partial charge is 0.335 e. The van der Waals surface area contributed by atoms with Crippen LogP contribution in [0.25, 0.3) is 0 Å². The molecule has 2 bridgehead atoms. The number of amides is 3. The van der Waals surface area contributed by atoms with E-state index in [1.54, 1.807) is 0 Å². The molecule has 1 saturated heterocycles. The van der Waals surface area contributed by atoms with Gasteiger partial charge in [0.25, 0.3) is 11.6 Å². The molecule has 2 atom stereocenters. The average Bonchev–Trinajstić information content (AvgIpc) is 2.80. The van der Waals surface area contributed by atoms with Gasteiger partial charge in [-0.3, -0.25) is 24.7 Å². The third kappa shape index (κ3) is 3.31. The highest BCUT2D eigenvalue weighted by Crippen LogP contribution is 2.49. The molecule has 0 spiro atoms. The molecular weight excluding hydrogens is 422 g/mol. The Balaban J connectivity index is 1.63. The van der Waals surface area contributed by atoms with E-state index in [0.717, 1.165) is 11.1 Å². The van der Waals surface area contributed by atoms with Crippen molar-refractivity contribution < 1.29 is 19.2 Å². The van der Waals surface area contributed by atoms with Gasteiger partial charge in [-0.25, -0.2) is 4.79 Å². The lowest BCUT2D eigenvalue weighted by molar-refractivity contribution is -0.384. The van der Waals surface area contributed by atoms with Crippen LogP contribution in [0.5, 0.6) is 5.75 Å². The van der Waals surface area contributed by atoms with Crippen LogP contribution in [0.4, 0.5) is 16.2 Å². The fraction of sp³-hybridized carbons (Fsp3) is 0.200. The van der Waals surface area contributed by atoms with Crippen LogP contribution in [0.15, 0.2) is 72.8 Å². The fourth-order valence-corrected chi connectivity index (χ4v) is 4.58. The summed E-state index contributed by atoms with van der Waals surface area (Å²) in [5, 5.41) is 11.0. The van der Waals surface area contributed by atoms with Crippen molar-refractivity contribution in [3.05, 3.63) is 99.6 Å². The minimum atomic E-state index is -0.988. The Hall–Kier alpha value is -4.20. The second kappa shape index (κ2) is 7.44. The number of urea groups is 1. The van der Waals surface area contributed by atoms with Crippen molar-refractivity contribution in [1.29, 1.82) is 0 Å². The number of nitrogens with zero attached hydrogens (tertiary/aromatic N) is 3. The monoisotopic (exact) mass is 443 g/mol. The Morgan fingerprint density at radius 3 is 2.39 bits per heavy atom. The number of aryl methyl sites for hydroxylation is 1. The molecule has 8 heteroatoms. The molecule has 0 N–H and O–H groups in total. The predicted molar refractivity (Wildman–Crippen MR) is 121 cm³/mol. The molecule has 8 nitrogen and oxygen atoms in total. The first-order valence-electron chi connectivity index (χ1n) is 10.6. The number of ether oxygens (including phenoxy) is 1. The summed E-state index contributed by atoms with van der Waals surface area (Å²) in [5.41, 5.74) is 1.50. The van der Waals surface area contributed by atoms with E-state index in [1.807, 2.05) is 62.4 Å². The standard InChI is InChI=1S/C25H21N3O5/c1-16-7-11-18(12-8-16)27-24(30)26(23(29)17-9-13-19(14-10-17)28(31)32)21-15-25(27,2)33-22-6-4-3-5-20(21)22/h3-14,21H,15H2,1-2H3/t21-,25-/m1/s1. The highest BCUT2D eigenvalue weighted by molar-refractivity contribution is 6.10. The summed E-state index contributed by atoms with van der Waals surface area (Å²) < 4.78 is 6.33. The zero-order chi connectivity index (χ0) is 23.3. The van der Waals surface area contributed by atoms with Crippen molar-refractivity contribution in [3.63, 3.8) is 0 Å². The number of para-hydroxylation sites is 1. The molecular formula is C25H21N3O5. The Bertz CT molecular complexity index is 1270. The summed E-state index contributed by atoms with van der Waals surface area (Å²) in [4.78, 5) is 40.7. The molecule has 1 fully saturated rings. The van der Waals surface area contributed by atoms with Crippen molar-refractivity contribution in [2.75, 3.05) is 4.90 Å². The quantitative estimate of drug-likeness (QED) is 0.408. The van der Waals surface area contributed by atoms with Crippen LogP contribution < -0.4 is 9.64 Å². The number of benzene rings is 3. The fourth-order valence-electron chi connectivity index (χ4n) is 4.58. The van der Waals surface area contributed by atoms with Crippen molar-refractivity contribution in [1.82, 2.24) is 4.90 Å². The van der Waals surface area contributed by atoms with E-state index in [-0.39, 0.29) is 11.3 Å². The van der Waals surface area contributed by atoms with E-state index in [4.69, 9.17) is 4.74 Å². The zero-order valence-corrected chi connectivity index (χ0v) is 18.1. The Morgan fingerprint density at radius 2 is 1.73 bits per heavy atom. The number of non-ortho nitro benzene ring substituents is 1. The molecule has 33 heavy (non-hydrogen) atoms. The summed E-state index contributed by atoms with van der Waals surface area (Å²) in [6.07, 6.45) is 0.377. The minimum Gasteiger partial charge on any atom is -0.467 e. The lowest BCUT2D eigenvalue weighted by atomic mass is 9.88. The summed E-state index contributed by atoms with van der Waals surface area (Å²) in [7, 11) is 0. The number of anilines is 1. The summed E-state index contributed by atoms with van der Waals surface area (Å²) in [5.74, 6) is 0.0955. The summed E-state index contributed by atoms with van der Waals surface area (Å²) in [6.45, 7) is 3.80. The SMILES string of the molecule is Cc1ccc(N2C(=O)N(C(=O)c3ccc([N+](=O)[O-])cc3)[C@@H]3C[C@@]2(C)Oc2ccccc23)cc1. The number of rotatable bonds is 3. The minimum absolute atomic E-state index is 0.123. The van der Waals surface area contributed by atoms with Gasteiger partial charge in [0, 0.05) is 35.4 Å². The van der Waals surface area contributed by atoms with Gasteiger partial charge in [-0.05, 0) is 44.2 Å². The largest absolute Gasteiger partial charge is 0.467 e. The molecule has 0 unspecified atom stereocenters. The molecule has 5 rings (SSSR count). The molecule has 2 heterocycles. The van der Waals surface area contributed by atoms with E-state index in [9.17, 15) is 19.7 Å². The van der Waals surface area contributed by atoms with E-state index in [1.165, 1.54) is 34.1 Å². The maximum Gasteiger partial charge on any atom is 0.335 e. The molecule has 2 aliphatic rings. The lowest BCUT2D eigenvalue weighted by Crippen LogP contribution is -2.67. The molecule has 3 amide bonds. The van der Waals surface area contributed by atoms with Gasteiger partial charge in [-0.2, -0.15) is 0 Å². The second-order valence-electron chi connectivity index (χ2n) is 8.47. The number of nitro benzene ring substituents is 1. The number of carbonyl (C=O) groups excluding carboxylic acids is 2. The number of nitro groups is 1. The zero-order valence-electron chi connectivity index (χ0n) is 18.1. The first-order chi connectivity index (χ1) is 15.8. The molecule has 3 aromatic rings. The third-order valence-electron chi connectivity index (χ3n) is 6.20. The number of imide groups is 1. The molecule has 2 aliphatic heterocycles. The lowest BCUT2D eigenvalue weighted by Gasteiger charge is -2.53. The van der Waals surface area contributed by atoms with Gasteiger partial charge in [0.15, 0.2) is 5.72 Å². The van der Waals surface area contributed by atoms with Gasteiger partial charge in [-0.15, -0.1) is 0 Å². The van der Waals surface area contributed by atoms with Crippen LogP contribution in [-0.2, 0) is 0 Å². The average molecular weight is 443 g/mol. The molecule has 0 saturated carbocycles. The number of hydrogen-bond donors (Lipinski definition) is 0. The number of hydrogen-bond acceptors (Lipinski definition) is 5. The Morgan fingerprint density at radius 1 is 1.06 bits per heavy atom. The summed E-state index contributed by atoms with van der Waals surface area (Å²) in [6, 6.07) is 19.1. The highest BCUT2D eigenvalue weighted by Gasteiger charge is 2.55. The topological polar surface area (TPSA) is 93.0 Å². The van der Waals surface area contributed by atoms with E-state index >= 15 is 0 Å². The molecule has 0 aliphatic carbocycles. The van der Waals surface area contributed by atoms with Gasteiger partial charge in [-0.1, -0.05) is 35.9 Å². The van der Waals surface area contributed by atoms with Crippen LogP contribution in [0.3, 0.4) is 0 Å². The van der Waals surface area contributed by atoms with Gasteiger partial charge in [0.2, 0.25) is 0 Å². The maximum atomic E-state index is 13.9. The Kier molecular flexibility index (Phi) is 4.67. The van der Waals surface area contributed by atoms with Gasteiger partial charge >= 0.3 is 6.03 Å². The molecule has 0 radical (unpaired) electrons. The van der Waals surface area contributed by atoms with Gasteiger partial charge < -0.3 is 4.74 Å². The van der Waals surface area contributed by atoms with E-state index in [2.05, 4.69) is 0 Å². The van der Waals surface area contributed by atoms with E-state index in [0.29, 0.717) is 17.9 Å². The molecule has 3 aromatic carbocycles. The summed E-state index contributed by atoms with van der Waals surface area (Å²) >= 11 is 0. The van der Waals surface area contributed by atoms with Crippen molar-refractivity contribution in [3.8, 4) is 5.75 Å². The normalized spacial score (nSPS) is 21.3. The first kappa shape index (κ1) is 20.7. The third-order valence-corrected chi connectivity index (χ3v) is 6.20. The first-order valence-corrected chi connectivity index (χ1v) is 10.6. The Labute approximate surface area is 190 Å². The second-order valence-corrected chi connectivity index (χ2v) is 8.47. The van der Waals surface area contributed by atoms with Crippen LogP contribution >= 0.6 is 0 Å². The van der Waals surface area contributed by atoms with Crippen LogP contribution in [0, 0.1) is 17.0 Å². The van der Waals surface area contributed by atoms with E-state index < -0.39 is 28.6 Å². The van der Waals surface area contributed by atoms with Crippen LogP contribution in [-0.4, -0.2) is 27.5 Å². The molecule has 0 aromatic heterocycles. The van der Waals surface area contributed by atoms with Crippen molar-refractivity contribution in [2.24, 2.45) is 0 Å². The van der Waals surface area contributed by atoms with Gasteiger partial charge in [0.1, 0.15) is 5.75 Å². The predicted octanol–water partition coefficient (Wildman–Crippen LogP) is 5.23. The highest BCUT2D eigenvalue weighted by atomic mass is 16.6. The van der Waals surface area contributed by atoms with Crippen LogP contribution in [0.2, 0.25) is 0 Å². The van der Waals surface area contributed by atoms with Gasteiger partial charge in [0.05, 0.1) is 11.0 Å². The number of carbonyl (C=O) groups is 2. The van der Waals surface area contributed by atoms with Crippen molar-refractivity contribution >= 4 is 23.3 Å².